The SMILES string of the molecule is O=C(O)c1c(OC(F)(F)F)ncc(I)c1C(F)(F)F. The second-order valence-corrected chi connectivity index (χ2v) is 4.17. The molecule has 1 rings (SSSR count). The number of alkyl halides is 6. The van der Waals surface area contributed by atoms with Crippen LogP contribution in [0.4, 0.5) is 26.3 Å². The van der Waals surface area contributed by atoms with Crippen molar-refractivity contribution in [1.29, 1.82) is 0 Å². The molecule has 106 valence electrons. The molecule has 1 aromatic rings. The van der Waals surface area contributed by atoms with Crippen LogP contribution in [0.2, 0.25) is 0 Å². The van der Waals surface area contributed by atoms with E-state index in [4.69, 9.17) is 5.11 Å². The fraction of sp³-hybridized carbons (Fsp3) is 0.250. The molecule has 0 saturated heterocycles. The normalized spacial score (nSPS) is 12.4. The summed E-state index contributed by atoms with van der Waals surface area (Å²) in [5.74, 6) is -3.88. The molecule has 0 amide bonds. The van der Waals surface area contributed by atoms with Gasteiger partial charge in [0.2, 0.25) is 5.88 Å². The van der Waals surface area contributed by atoms with Gasteiger partial charge in [-0.25, -0.2) is 9.78 Å². The highest BCUT2D eigenvalue weighted by Gasteiger charge is 2.42. The molecule has 0 atom stereocenters. The molecule has 1 N–H and O–H groups in total. The van der Waals surface area contributed by atoms with E-state index in [2.05, 4.69) is 9.72 Å². The molecule has 19 heavy (non-hydrogen) atoms. The van der Waals surface area contributed by atoms with Crippen LogP contribution in [0.1, 0.15) is 15.9 Å². The van der Waals surface area contributed by atoms with E-state index < -0.39 is 39.1 Å². The molecule has 0 aliphatic rings. The highest BCUT2D eigenvalue weighted by Crippen LogP contribution is 2.39. The summed E-state index contributed by atoms with van der Waals surface area (Å²) < 4.78 is 76.4. The van der Waals surface area contributed by atoms with Crippen LogP contribution < -0.4 is 4.74 Å². The van der Waals surface area contributed by atoms with E-state index in [9.17, 15) is 31.1 Å². The Morgan fingerprint density at radius 3 is 2.16 bits per heavy atom. The van der Waals surface area contributed by atoms with Gasteiger partial charge in [0.15, 0.2) is 0 Å². The van der Waals surface area contributed by atoms with Crippen LogP contribution in [0.3, 0.4) is 0 Å². The van der Waals surface area contributed by atoms with Gasteiger partial charge in [-0.1, -0.05) is 0 Å². The standard InChI is InChI=1S/C8H2F6INO3/c9-7(10,11)4-2(15)1-16-5(3(4)6(17)18)19-8(12,13)14/h1H,(H,17,18). The van der Waals surface area contributed by atoms with Crippen molar-refractivity contribution in [3.05, 3.63) is 20.9 Å². The maximum absolute atomic E-state index is 12.6. The van der Waals surface area contributed by atoms with E-state index in [0.717, 1.165) is 22.6 Å². The molecule has 1 heterocycles. The van der Waals surface area contributed by atoms with E-state index in [1.807, 2.05) is 0 Å². The zero-order valence-corrected chi connectivity index (χ0v) is 10.6. The molecule has 0 aliphatic carbocycles. The molecule has 0 bridgehead atoms. The fourth-order valence-corrected chi connectivity index (χ4v) is 1.85. The molecule has 0 radical (unpaired) electrons. The molecule has 0 unspecified atom stereocenters. The highest BCUT2D eigenvalue weighted by atomic mass is 127. The fourth-order valence-electron chi connectivity index (χ4n) is 1.13. The Morgan fingerprint density at radius 2 is 1.79 bits per heavy atom. The third kappa shape index (κ3) is 3.84. The first-order chi connectivity index (χ1) is 8.43. The van der Waals surface area contributed by atoms with Crippen LogP contribution in [0.25, 0.3) is 0 Å². The van der Waals surface area contributed by atoms with E-state index >= 15 is 0 Å². The van der Waals surface area contributed by atoms with Gasteiger partial charge in [-0.3, -0.25) is 0 Å². The Kier molecular flexibility index (Phi) is 4.17. The average Bonchev–Trinajstić information content (AvgIpc) is 2.15. The minimum atomic E-state index is -5.35. The van der Waals surface area contributed by atoms with Gasteiger partial charge in [0.25, 0.3) is 0 Å². The molecule has 0 saturated carbocycles. The second kappa shape index (κ2) is 5.02. The Hall–Kier alpha value is -1.27. The quantitative estimate of drug-likeness (QED) is 0.611. The predicted octanol–water partition coefficient (Wildman–Crippen LogP) is 3.30. The van der Waals surface area contributed by atoms with Crippen molar-refractivity contribution < 1.29 is 41.0 Å². The van der Waals surface area contributed by atoms with Gasteiger partial charge in [-0.2, -0.15) is 13.2 Å². The zero-order chi connectivity index (χ0) is 15.0. The van der Waals surface area contributed by atoms with Gasteiger partial charge < -0.3 is 9.84 Å². The number of carbonyl (C=O) groups is 1. The monoisotopic (exact) mass is 401 g/mol. The lowest BCUT2D eigenvalue weighted by atomic mass is 10.1. The number of carboxylic acids is 1. The average molecular weight is 401 g/mol. The summed E-state index contributed by atoms with van der Waals surface area (Å²) in [6.07, 6.45) is -10.1. The largest absolute Gasteiger partial charge is 0.574 e. The van der Waals surface area contributed by atoms with Gasteiger partial charge in [0, 0.05) is 9.77 Å². The first-order valence-electron chi connectivity index (χ1n) is 4.18. The van der Waals surface area contributed by atoms with Gasteiger partial charge in [0.1, 0.15) is 5.56 Å². The maximum atomic E-state index is 12.6. The first-order valence-corrected chi connectivity index (χ1v) is 5.26. The van der Waals surface area contributed by atoms with Crippen LogP contribution in [0, 0.1) is 3.57 Å². The first kappa shape index (κ1) is 15.8. The topological polar surface area (TPSA) is 59.4 Å². The summed E-state index contributed by atoms with van der Waals surface area (Å²) in [7, 11) is 0. The molecular formula is C8H2F6INO3. The third-order valence-electron chi connectivity index (χ3n) is 1.71. The molecule has 0 aromatic carbocycles. The van der Waals surface area contributed by atoms with Gasteiger partial charge in [-0.15, -0.1) is 13.2 Å². The van der Waals surface area contributed by atoms with Gasteiger partial charge >= 0.3 is 18.5 Å². The number of aromatic carboxylic acids is 1. The van der Waals surface area contributed by atoms with Crippen LogP contribution in [0.15, 0.2) is 6.20 Å². The predicted molar refractivity (Wildman–Crippen MR) is 55.6 cm³/mol. The Bertz CT molecular complexity index is 512. The molecule has 0 aliphatic heterocycles. The smallest absolute Gasteiger partial charge is 0.477 e. The lowest BCUT2D eigenvalue weighted by Gasteiger charge is -2.16. The van der Waals surface area contributed by atoms with Crippen LogP contribution in [-0.2, 0) is 6.18 Å². The number of carboxylic acid groups (broad SMARTS) is 1. The summed E-state index contributed by atoms with van der Waals surface area (Å²) in [6, 6.07) is 0. The molecule has 4 nitrogen and oxygen atoms in total. The third-order valence-corrected chi connectivity index (χ3v) is 2.53. The van der Waals surface area contributed by atoms with Gasteiger partial charge in [0.05, 0.1) is 5.56 Å². The van der Waals surface area contributed by atoms with Crippen LogP contribution in [-0.4, -0.2) is 22.4 Å². The Balaban J connectivity index is 3.55. The van der Waals surface area contributed by atoms with Crippen molar-refractivity contribution in [3.63, 3.8) is 0 Å². The number of rotatable bonds is 2. The van der Waals surface area contributed by atoms with Crippen molar-refractivity contribution in [2.75, 3.05) is 0 Å². The van der Waals surface area contributed by atoms with Gasteiger partial charge in [-0.05, 0) is 22.6 Å². The van der Waals surface area contributed by atoms with Crippen molar-refractivity contribution in [2.24, 2.45) is 0 Å². The minimum absolute atomic E-state index is 0.441. The molecule has 1 aromatic heterocycles. The van der Waals surface area contributed by atoms with E-state index in [-0.39, 0.29) is 0 Å². The lowest BCUT2D eigenvalue weighted by molar-refractivity contribution is -0.276. The maximum Gasteiger partial charge on any atom is 0.574 e. The summed E-state index contributed by atoms with van der Waals surface area (Å²) in [4.78, 5) is 13.7. The van der Waals surface area contributed by atoms with Crippen molar-refractivity contribution in [1.82, 2.24) is 4.98 Å². The summed E-state index contributed by atoms with van der Waals surface area (Å²) in [6.45, 7) is 0. The molecular weight excluding hydrogens is 399 g/mol. The number of hydrogen-bond donors (Lipinski definition) is 1. The minimum Gasteiger partial charge on any atom is -0.477 e. The summed E-state index contributed by atoms with van der Waals surface area (Å²) >= 11 is 1.12. The summed E-state index contributed by atoms with van der Waals surface area (Å²) in [5, 5.41) is 8.64. The number of pyridine rings is 1. The number of hydrogen-bond acceptors (Lipinski definition) is 3. The molecule has 11 heteroatoms. The van der Waals surface area contributed by atoms with Crippen molar-refractivity contribution in [2.45, 2.75) is 12.5 Å². The highest BCUT2D eigenvalue weighted by molar-refractivity contribution is 14.1. The van der Waals surface area contributed by atoms with E-state index in [1.54, 1.807) is 0 Å². The summed E-state index contributed by atoms with van der Waals surface area (Å²) in [5.41, 5.74) is -3.42. The number of nitrogens with zero attached hydrogens (tertiary/aromatic N) is 1. The number of aromatic nitrogens is 1. The van der Waals surface area contributed by atoms with E-state index in [0.29, 0.717) is 6.20 Å². The molecule has 0 spiro atoms. The second-order valence-electron chi connectivity index (χ2n) is 3.01. The number of halogens is 7. The van der Waals surface area contributed by atoms with Crippen LogP contribution in [0.5, 0.6) is 5.88 Å². The Morgan fingerprint density at radius 1 is 1.26 bits per heavy atom. The molecule has 0 fully saturated rings. The number of ether oxygens (including phenoxy) is 1. The zero-order valence-electron chi connectivity index (χ0n) is 8.43. The van der Waals surface area contributed by atoms with E-state index in [1.165, 1.54) is 0 Å². The Labute approximate surface area is 114 Å². The van der Waals surface area contributed by atoms with Crippen LogP contribution >= 0.6 is 22.6 Å². The lowest BCUT2D eigenvalue weighted by Crippen LogP contribution is -2.23. The van der Waals surface area contributed by atoms with Crippen molar-refractivity contribution in [3.8, 4) is 5.88 Å². The van der Waals surface area contributed by atoms with Crippen molar-refractivity contribution >= 4 is 28.6 Å².